The van der Waals surface area contributed by atoms with Gasteiger partial charge in [-0.15, -0.1) is 0 Å². The molecule has 1 heterocycles. The summed E-state index contributed by atoms with van der Waals surface area (Å²) >= 11 is 6.07. The van der Waals surface area contributed by atoms with Crippen molar-refractivity contribution in [3.63, 3.8) is 0 Å². The molecule has 4 aromatic rings. The first-order valence-electron chi connectivity index (χ1n) is 11.9. The van der Waals surface area contributed by atoms with Gasteiger partial charge in [0.2, 0.25) is 0 Å². The third kappa shape index (κ3) is 6.46. The first-order valence-corrected chi connectivity index (χ1v) is 12.3. The van der Waals surface area contributed by atoms with Crippen LogP contribution in [0.3, 0.4) is 0 Å². The van der Waals surface area contributed by atoms with Crippen LogP contribution in [0.5, 0.6) is 0 Å². The fourth-order valence-electron chi connectivity index (χ4n) is 4.02. The molecule has 0 radical (unpaired) electrons. The first-order chi connectivity index (χ1) is 17.3. The second kappa shape index (κ2) is 11.3. The zero-order valence-electron chi connectivity index (χ0n) is 20.3. The number of aromatic nitrogens is 2. The van der Waals surface area contributed by atoms with Gasteiger partial charge in [0.15, 0.2) is 0 Å². The van der Waals surface area contributed by atoms with Crippen molar-refractivity contribution in [2.24, 2.45) is 5.92 Å². The molecule has 0 spiro atoms. The molecule has 4 rings (SSSR count). The number of carbonyl (C=O) groups excluding carboxylic acids is 1. The molecule has 1 aromatic heterocycles. The normalized spacial score (nSPS) is 11.9. The maximum atomic E-state index is 12.8. The highest BCUT2D eigenvalue weighted by Crippen LogP contribution is 2.27. The van der Waals surface area contributed by atoms with Crippen molar-refractivity contribution in [2.75, 3.05) is 0 Å². The van der Waals surface area contributed by atoms with Gasteiger partial charge in [0, 0.05) is 29.1 Å². The van der Waals surface area contributed by atoms with Gasteiger partial charge in [-0.3, -0.25) is 9.59 Å². The number of halogens is 1. The van der Waals surface area contributed by atoms with E-state index >= 15 is 0 Å². The van der Waals surface area contributed by atoms with Crippen molar-refractivity contribution >= 4 is 34.5 Å². The standard InChI is InChI=1S/C29H28ClN3O3/c1-18-3-6-20(7-4-18)17-31-29(36)22-10-14-24-26(16-22)32-25(13-5-19(2)15-27(34)35)28(33-24)21-8-11-23(30)12-9-21/h3-4,6-12,14,16,19H,5,13,15,17H2,1-2H3,(H,31,36)(H,34,35). The summed E-state index contributed by atoms with van der Waals surface area (Å²) in [4.78, 5) is 33.7. The number of hydrogen-bond acceptors (Lipinski definition) is 4. The zero-order valence-corrected chi connectivity index (χ0v) is 21.0. The Morgan fingerprint density at radius 3 is 2.39 bits per heavy atom. The minimum absolute atomic E-state index is 0.00282. The largest absolute Gasteiger partial charge is 0.481 e. The Hall–Kier alpha value is -3.77. The minimum Gasteiger partial charge on any atom is -0.481 e. The van der Waals surface area contributed by atoms with Crippen LogP contribution in [0.2, 0.25) is 5.02 Å². The molecule has 0 aliphatic heterocycles. The summed E-state index contributed by atoms with van der Waals surface area (Å²) in [5.41, 5.74) is 6.39. The molecular weight excluding hydrogens is 474 g/mol. The van der Waals surface area contributed by atoms with E-state index in [0.717, 1.165) is 22.5 Å². The molecule has 0 bridgehead atoms. The number of nitrogens with one attached hydrogen (secondary N) is 1. The first kappa shape index (κ1) is 25.3. The molecule has 0 fully saturated rings. The van der Waals surface area contributed by atoms with Crippen molar-refractivity contribution in [1.29, 1.82) is 0 Å². The average molecular weight is 502 g/mol. The highest BCUT2D eigenvalue weighted by Gasteiger charge is 2.16. The molecule has 1 atom stereocenters. The van der Waals surface area contributed by atoms with Crippen LogP contribution in [0, 0.1) is 12.8 Å². The number of nitrogens with zero attached hydrogens (tertiary/aromatic N) is 2. The topological polar surface area (TPSA) is 92.2 Å². The number of benzene rings is 3. The molecule has 6 nitrogen and oxygen atoms in total. The number of carboxylic acids is 1. The SMILES string of the molecule is Cc1ccc(CNC(=O)c2ccc3nc(-c4ccc(Cl)cc4)c(CCC(C)CC(=O)O)nc3c2)cc1. The summed E-state index contributed by atoms with van der Waals surface area (Å²) in [6, 6.07) is 20.7. The summed E-state index contributed by atoms with van der Waals surface area (Å²) in [6.07, 6.45) is 1.32. The van der Waals surface area contributed by atoms with Gasteiger partial charge in [0.05, 0.1) is 22.4 Å². The lowest BCUT2D eigenvalue weighted by Crippen LogP contribution is -2.22. The molecule has 2 N–H and O–H groups in total. The van der Waals surface area contributed by atoms with E-state index in [1.54, 1.807) is 30.3 Å². The number of rotatable bonds is 9. The predicted octanol–water partition coefficient (Wildman–Crippen LogP) is 6.23. The Morgan fingerprint density at radius 2 is 1.69 bits per heavy atom. The number of aryl methyl sites for hydroxylation is 2. The van der Waals surface area contributed by atoms with Gasteiger partial charge in [0.25, 0.3) is 5.91 Å². The number of carbonyl (C=O) groups is 2. The van der Waals surface area contributed by atoms with E-state index in [2.05, 4.69) is 5.32 Å². The molecule has 36 heavy (non-hydrogen) atoms. The molecule has 0 saturated carbocycles. The Morgan fingerprint density at radius 1 is 0.972 bits per heavy atom. The van der Waals surface area contributed by atoms with Crippen LogP contribution in [0.15, 0.2) is 66.7 Å². The van der Waals surface area contributed by atoms with E-state index in [1.165, 1.54) is 5.56 Å². The average Bonchev–Trinajstić information content (AvgIpc) is 2.86. The van der Waals surface area contributed by atoms with Gasteiger partial charge in [-0.25, -0.2) is 9.97 Å². The lowest BCUT2D eigenvalue weighted by atomic mass is 9.98. The number of fused-ring (bicyclic) bond motifs is 1. The summed E-state index contributed by atoms with van der Waals surface area (Å²) in [5.74, 6) is -0.999. The van der Waals surface area contributed by atoms with Gasteiger partial charge in [0.1, 0.15) is 0 Å². The van der Waals surface area contributed by atoms with Gasteiger partial charge >= 0.3 is 5.97 Å². The number of aliphatic carboxylic acids is 1. The molecular formula is C29H28ClN3O3. The summed E-state index contributed by atoms with van der Waals surface area (Å²) in [6.45, 7) is 4.38. The van der Waals surface area contributed by atoms with E-state index in [-0.39, 0.29) is 18.2 Å². The fraction of sp³-hybridized carbons (Fsp3) is 0.241. The molecule has 3 aromatic carbocycles. The number of carboxylic acid groups (broad SMARTS) is 1. The van der Waals surface area contributed by atoms with E-state index in [0.29, 0.717) is 41.0 Å². The van der Waals surface area contributed by atoms with Crippen LogP contribution in [0.4, 0.5) is 0 Å². The van der Waals surface area contributed by atoms with Crippen molar-refractivity contribution in [3.05, 3.63) is 94.1 Å². The highest BCUT2D eigenvalue weighted by molar-refractivity contribution is 6.30. The van der Waals surface area contributed by atoms with Crippen molar-refractivity contribution < 1.29 is 14.7 Å². The van der Waals surface area contributed by atoms with Crippen molar-refractivity contribution in [2.45, 2.75) is 39.7 Å². The van der Waals surface area contributed by atoms with E-state index in [4.69, 9.17) is 26.7 Å². The van der Waals surface area contributed by atoms with Gasteiger partial charge < -0.3 is 10.4 Å². The summed E-state index contributed by atoms with van der Waals surface area (Å²) in [7, 11) is 0. The third-order valence-corrected chi connectivity index (χ3v) is 6.34. The molecule has 184 valence electrons. The van der Waals surface area contributed by atoms with Crippen molar-refractivity contribution in [1.82, 2.24) is 15.3 Å². The minimum atomic E-state index is -0.814. The Kier molecular flexibility index (Phi) is 7.96. The van der Waals surface area contributed by atoms with Gasteiger partial charge in [-0.05, 0) is 61.6 Å². The molecule has 1 unspecified atom stereocenters. The zero-order chi connectivity index (χ0) is 25.7. The number of amides is 1. The molecule has 0 saturated heterocycles. The van der Waals surface area contributed by atoms with Crippen LogP contribution in [0.1, 0.15) is 46.9 Å². The number of hydrogen-bond donors (Lipinski definition) is 2. The van der Waals surface area contributed by atoms with E-state index < -0.39 is 5.97 Å². The lowest BCUT2D eigenvalue weighted by molar-refractivity contribution is -0.138. The Bertz CT molecular complexity index is 1390. The van der Waals surface area contributed by atoms with E-state index in [1.807, 2.05) is 50.2 Å². The Labute approximate surface area is 215 Å². The maximum absolute atomic E-state index is 12.8. The van der Waals surface area contributed by atoms with Crippen LogP contribution in [-0.4, -0.2) is 27.0 Å². The monoisotopic (exact) mass is 501 g/mol. The highest BCUT2D eigenvalue weighted by atomic mass is 35.5. The lowest BCUT2D eigenvalue weighted by Gasteiger charge is -2.13. The van der Waals surface area contributed by atoms with Crippen LogP contribution in [0.25, 0.3) is 22.3 Å². The van der Waals surface area contributed by atoms with Crippen LogP contribution in [-0.2, 0) is 17.8 Å². The second-order valence-corrected chi connectivity index (χ2v) is 9.58. The molecule has 0 aliphatic carbocycles. The molecule has 0 aliphatic rings. The van der Waals surface area contributed by atoms with Crippen molar-refractivity contribution in [3.8, 4) is 11.3 Å². The maximum Gasteiger partial charge on any atom is 0.303 e. The fourth-order valence-corrected chi connectivity index (χ4v) is 4.14. The predicted molar refractivity (Wildman–Crippen MR) is 142 cm³/mol. The second-order valence-electron chi connectivity index (χ2n) is 9.14. The van der Waals surface area contributed by atoms with Gasteiger partial charge in [-0.1, -0.05) is 60.5 Å². The van der Waals surface area contributed by atoms with Crippen LogP contribution >= 0.6 is 11.6 Å². The van der Waals surface area contributed by atoms with Crippen LogP contribution < -0.4 is 5.32 Å². The smallest absolute Gasteiger partial charge is 0.303 e. The summed E-state index contributed by atoms with van der Waals surface area (Å²) < 4.78 is 0. The third-order valence-electron chi connectivity index (χ3n) is 6.09. The Balaban J connectivity index is 1.61. The van der Waals surface area contributed by atoms with E-state index in [9.17, 15) is 9.59 Å². The molecule has 7 heteroatoms. The molecule has 1 amide bonds. The summed E-state index contributed by atoms with van der Waals surface area (Å²) in [5, 5.41) is 12.7. The quantitative estimate of drug-likeness (QED) is 0.283. The van der Waals surface area contributed by atoms with Gasteiger partial charge in [-0.2, -0.15) is 0 Å².